The van der Waals surface area contributed by atoms with Gasteiger partial charge < -0.3 is 0 Å². The third-order valence-electron chi connectivity index (χ3n) is 11.7. The van der Waals surface area contributed by atoms with Crippen molar-refractivity contribution in [2.24, 2.45) is 4.99 Å². The lowest BCUT2D eigenvalue weighted by atomic mass is 9.80. The Balaban J connectivity index is 1.40. The summed E-state index contributed by atoms with van der Waals surface area (Å²) in [5.41, 5.74) is 14.7. The van der Waals surface area contributed by atoms with Gasteiger partial charge >= 0.3 is 0 Å². The predicted octanol–water partition coefficient (Wildman–Crippen LogP) is 14.1. The molecule has 52 heavy (non-hydrogen) atoms. The van der Waals surface area contributed by atoms with Gasteiger partial charge in [0.2, 0.25) is 0 Å². The van der Waals surface area contributed by atoms with E-state index in [2.05, 4.69) is 186 Å². The number of rotatable bonds is 6. The van der Waals surface area contributed by atoms with E-state index in [1.807, 2.05) is 0 Å². The van der Waals surface area contributed by atoms with Crippen LogP contribution in [0.1, 0.15) is 73.4 Å². The molecule has 1 aliphatic carbocycles. The molecule has 0 radical (unpaired) electrons. The zero-order chi connectivity index (χ0) is 35.6. The second kappa shape index (κ2) is 12.5. The van der Waals surface area contributed by atoms with E-state index in [0.717, 1.165) is 28.9 Å². The van der Waals surface area contributed by atoms with E-state index in [0.29, 0.717) is 5.92 Å². The van der Waals surface area contributed by atoms with Crippen molar-refractivity contribution in [2.75, 3.05) is 0 Å². The molecule has 0 spiro atoms. The van der Waals surface area contributed by atoms with E-state index >= 15 is 0 Å². The second-order valence-corrected chi connectivity index (χ2v) is 15.1. The minimum absolute atomic E-state index is 0.0858. The topological polar surface area (TPSA) is 12.4 Å². The molecule has 8 aromatic rings. The summed E-state index contributed by atoms with van der Waals surface area (Å²) < 4.78 is 0. The molecule has 0 amide bonds. The molecular formula is C51H43N. The maximum absolute atomic E-state index is 5.76. The summed E-state index contributed by atoms with van der Waals surface area (Å²) in [6.07, 6.45) is 1.07. The van der Waals surface area contributed by atoms with Crippen molar-refractivity contribution in [3.05, 3.63) is 185 Å². The highest BCUT2D eigenvalue weighted by Gasteiger charge is 2.36. The number of nitrogens with zero attached hydrogens (tertiary/aromatic N) is 1. The lowest BCUT2D eigenvalue weighted by Gasteiger charge is -2.23. The molecule has 1 nitrogen and oxygen atoms in total. The van der Waals surface area contributed by atoms with Gasteiger partial charge in [0.05, 0.1) is 11.4 Å². The fourth-order valence-electron chi connectivity index (χ4n) is 8.73. The van der Waals surface area contributed by atoms with Crippen molar-refractivity contribution in [3.63, 3.8) is 0 Å². The van der Waals surface area contributed by atoms with Gasteiger partial charge in [-0.05, 0) is 115 Å². The van der Waals surface area contributed by atoms with E-state index in [9.17, 15) is 0 Å². The van der Waals surface area contributed by atoms with Crippen molar-refractivity contribution in [2.45, 2.75) is 52.4 Å². The maximum Gasteiger partial charge on any atom is 0.0784 e. The Bertz CT molecular complexity index is 2710. The molecule has 0 bridgehead atoms. The van der Waals surface area contributed by atoms with Crippen LogP contribution in [0.3, 0.4) is 0 Å². The first-order valence-electron chi connectivity index (χ1n) is 18.7. The van der Waals surface area contributed by atoms with E-state index in [-0.39, 0.29) is 5.41 Å². The van der Waals surface area contributed by atoms with Crippen molar-refractivity contribution in [3.8, 4) is 22.3 Å². The Morgan fingerprint density at radius 2 is 1.25 bits per heavy atom. The average Bonchev–Trinajstić information content (AvgIpc) is 3.41. The molecule has 0 aromatic heterocycles. The molecule has 8 aromatic carbocycles. The molecule has 1 atom stereocenters. The fourth-order valence-corrected chi connectivity index (χ4v) is 8.73. The van der Waals surface area contributed by atoms with Crippen LogP contribution in [0.25, 0.3) is 54.6 Å². The van der Waals surface area contributed by atoms with Gasteiger partial charge in [-0.2, -0.15) is 0 Å². The van der Waals surface area contributed by atoms with Crippen LogP contribution in [-0.2, 0) is 5.41 Å². The van der Waals surface area contributed by atoms with Gasteiger partial charge in [0.15, 0.2) is 0 Å². The maximum atomic E-state index is 5.76. The van der Waals surface area contributed by atoms with Crippen LogP contribution in [0.2, 0.25) is 0 Å². The second-order valence-electron chi connectivity index (χ2n) is 15.1. The minimum Gasteiger partial charge on any atom is -0.247 e. The lowest BCUT2D eigenvalue weighted by molar-refractivity contribution is 0.661. The van der Waals surface area contributed by atoms with E-state index in [1.165, 1.54) is 76.8 Å². The minimum atomic E-state index is -0.0858. The van der Waals surface area contributed by atoms with E-state index in [4.69, 9.17) is 4.99 Å². The molecule has 1 unspecified atom stereocenters. The van der Waals surface area contributed by atoms with Gasteiger partial charge in [-0.3, -0.25) is 0 Å². The molecule has 0 heterocycles. The smallest absolute Gasteiger partial charge is 0.0784 e. The molecule has 0 N–H and O–H groups in total. The van der Waals surface area contributed by atoms with Crippen LogP contribution in [0.15, 0.2) is 157 Å². The van der Waals surface area contributed by atoms with Crippen molar-refractivity contribution < 1.29 is 0 Å². The van der Waals surface area contributed by atoms with Crippen molar-refractivity contribution in [1.29, 1.82) is 0 Å². The summed E-state index contributed by atoms with van der Waals surface area (Å²) in [5, 5.41) is 7.73. The van der Waals surface area contributed by atoms with Crippen LogP contribution in [0.5, 0.6) is 0 Å². The highest BCUT2D eigenvalue weighted by molar-refractivity contribution is 6.30. The van der Waals surface area contributed by atoms with Gasteiger partial charge in [0.1, 0.15) is 0 Å². The highest BCUT2D eigenvalue weighted by Crippen LogP contribution is 2.52. The first kappa shape index (κ1) is 32.1. The monoisotopic (exact) mass is 669 g/mol. The number of benzene rings is 8. The van der Waals surface area contributed by atoms with Gasteiger partial charge in [-0.1, -0.05) is 155 Å². The zero-order valence-electron chi connectivity index (χ0n) is 30.7. The first-order chi connectivity index (χ1) is 25.3. The van der Waals surface area contributed by atoms with E-state index in [1.54, 1.807) is 0 Å². The number of aliphatic imine (C=N–C) groups is 1. The molecule has 9 rings (SSSR count). The van der Waals surface area contributed by atoms with Crippen LogP contribution in [0.4, 0.5) is 5.69 Å². The molecular weight excluding hydrogens is 627 g/mol. The molecule has 0 saturated heterocycles. The first-order valence-corrected chi connectivity index (χ1v) is 18.7. The van der Waals surface area contributed by atoms with Crippen LogP contribution >= 0.6 is 0 Å². The average molecular weight is 670 g/mol. The Morgan fingerprint density at radius 1 is 0.577 bits per heavy atom. The number of hydrogen-bond acceptors (Lipinski definition) is 1. The summed E-state index contributed by atoms with van der Waals surface area (Å²) in [4.78, 5) is 5.76. The number of aryl methyl sites for hydroxylation is 1. The standard InChI is InChI=1S/C51H43N/c1-6-32(2)37-24-15-25-40-42-30-44-39-23-12-13-27-45(39)51(4,5)46(44)31-43(42)41-26-16-28-47(49(41)48(37)40)52-50(38-22-11-10-17-33(38)3)36-21-14-20-35(29-36)34-18-8-7-9-19-34/h7-32H,6H2,1-5H3. The zero-order valence-corrected chi connectivity index (χ0v) is 30.7. The van der Waals surface area contributed by atoms with Crippen LogP contribution < -0.4 is 0 Å². The molecule has 0 saturated carbocycles. The lowest BCUT2D eigenvalue weighted by Crippen LogP contribution is -2.14. The quantitative estimate of drug-likeness (QED) is 0.123. The van der Waals surface area contributed by atoms with Gasteiger partial charge in [-0.15, -0.1) is 0 Å². The summed E-state index contributed by atoms with van der Waals surface area (Å²) in [5.74, 6) is 0.397. The molecule has 1 heteroatoms. The molecule has 0 aliphatic heterocycles. The molecule has 252 valence electrons. The van der Waals surface area contributed by atoms with E-state index < -0.39 is 0 Å². The SMILES string of the molecule is CCC(C)c1cccc2c3cc4c(cc3c3cccc(N=C(c5cccc(-c6ccccc6)c5)c5ccccc5C)c3c12)C(C)(C)c1ccccc1-4. The Morgan fingerprint density at radius 3 is 2.06 bits per heavy atom. The largest absolute Gasteiger partial charge is 0.247 e. The summed E-state index contributed by atoms with van der Waals surface area (Å²) in [7, 11) is 0. The predicted molar refractivity (Wildman–Crippen MR) is 224 cm³/mol. The molecule has 1 aliphatic rings. The molecule has 0 fully saturated rings. The summed E-state index contributed by atoms with van der Waals surface area (Å²) in [6, 6.07) is 55.9. The normalized spacial score (nSPS) is 14.1. The third kappa shape index (κ3) is 5.02. The number of fused-ring (bicyclic) bond motifs is 9. The van der Waals surface area contributed by atoms with Crippen LogP contribution in [0, 0.1) is 6.92 Å². The third-order valence-corrected chi connectivity index (χ3v) is 11.7. The van der Waals surface area contributed by atoms with Gasteiger partial charge in [0.25, 0.3) is 0 Å². The van der Waals surface area contributed by atoms with Crippen LogP contribution in [-0.4, -0.2) is 5.71 Å². The van der Waals surface area contributed by atoms with Gasteiger partial charge in [0, 0.05) is 21.9 Å². The Hall–Kier alpha value is -5.79. The van der Waals surface area contributed by atoms with Gasteiger partial charge in [-0.25, -0.2) is 4.99 Å². The summed E-state index contributed by atoms with van der Waals surface area (Å²) >= 11 is 0. The van der Waals surface area contributed by atoms with Crippen molar-refractivity contribution in [1.82, 2.24) is 0 Å². The number of hydrogen-bond donors (Lipinski definition) is 0. The summed E-state index contributed by atoms with van der Waals surface area (Å²) in [6.45, 7) is 11.6. The Labute approximate surface area is 307 Å². The Kier molecular flexibility index (Phi) is 7.70. The fraction of sp³-hybridized carbons (Fsp3) is 0.157. The highest BCUT2D eigenvalue weighted by atomic mass is 14.8. The van der Waals surface area contributed by atoms with Crippen molar-refractivity contribution >= 4 is 43.7 Å².